The molecule has 2 aliphatic rings. The first-order valence-corrected chi connectivity index (χ1v) is 6.73. The molecule has 0 spiro atoms. The smallest absolute Gasteiger partial charge is 0.0239 e. The van der Waals surface area contributed by atoms with E-state index in [-0.39, 0.29) is 5.54 Å². The molecule has 0 radical (unpaired) electrons. The summed E-state index contributed by atoms with van der Waals surface area (Å²) in [4.78, 5) is 2.68. The lowest BCUT2D eigenvalue weighted by Crippen LogP contribution is -2.53. The van der Waals surface area contributed by atoms with Gasteiger partial charge in [-0.1, -0.05) is 30.3 Å². The minimum absolute atomic E-state index is 0.0685. The van der Waals surface area contributed by atoms with Gasteiger partial charge in [-0.15, -0.1) is 0 Å². The van der Waals surface area contributed by atoms with E-state index < -0.39 is 0 Å². The second-order valence-corrected chi connectivity index (χ2v) is 6.11. The van der Waals surface area contributed by atoms with Crippen molar-refractivity contribution in [2.75, 3.05) is 0 Å². The summed E-state index contributed by atoms with van der Waals surface area (Å²) in [6.45, 7) is 3.32. The van der Waals surface area contributed by atoms with Crippen molar-refractivity contribution in [3.63, 3.8) is 0 Å². The van der Waals surface area contributed by atoms with Gasteiger partial charge in [0.15, 0.2) is 0 Å². The fourth-order valence-corrected chi connectivity index (χ4v) is 3.67. The van der Waals surface area contributed by atoms with Gasteiger partial charge in [-0.2, -0.15) is 0 Å². The quantitative estimate of drug-likeness (QED) is 0.846. The molecule has 2 atom stereocenters. The van der Waals surface area contributed by atoms with Crippen LogP contribution in [-0.2, 0) is 6.54 Å². The van der Waals surface area contributed by atoms with Gasteiger partial charge in [0.25, 0.3) is 0 Å². The Morgan fingerprint density at radius 1 is 1.18 bits per heavy atom. The Morgan fingerprint density at radius 3 is 2.35 bits per heavy atom. The summed E-state index contributed by atoms with van der Waals surface area (Å²) < 4.78 is 0. The summed E-state index contributed by atoms with van der Waals surface area (Å²) >= 11 is 0. The Balaban J connectivity index is 1.74. The first-order chi connectivity index (χ1) is 8.14. The van der Waals surface area contributed by atoms with Crippen LogP contribution in [-0.4, -0.2) is 22.5 Å². The topological polar surface area (TPSA) is 29.3 Å². The molecular weight excluding hydrogens is 208 g/mol. The number of nitrogens with two attached hydrogens (primary N) is 1. The van der Waals surface area contributed by atoms with Crippen molar-refractivity contribution in [3.8, 4) is 0 Å². The average Bonchev–Trinajstić information content (AvgIpc) is 2.55. The number of nitrogens with zero attached hydrogens (tertiary/aromatic N) is 1. The summed E-state index contributed by atoms with van der Waals surface area (Å²) in [5.41, 5.74) is 7.83. The molecule has 2 heteroatoms. The fraction of sp³-hybridized carbons (Fsp3) is 0.600. The molecule has 0 aliphatic carbocycles. The van der Waals surface area contributed by atoms with Crippen molar-refractivity contribution < 1.29 is 0 Å². The normalized spacial score (nSPS) is 37.3. The Labute approximate surface area is 104 Å². The number of rotatable bonds is 2. The average molecular weight is 230 g/mol. The van der Waals surface area contributed by atoms with Gasteiger partial charge in [0.05, 0.1) is 0 Å². The van der Waals surface area contributed by atoms with Crippen molar-refractivity contribution in [2.24, 2.45) is 5.73 Å². The SMILES string of the molecule is CC1(N)CC2CCC(C1)N2Cc1ccccc1. The third-order valence-electron chi connectivity index (χ3n) is 4.38. The second-order valence-electron chi connectivity index (χ2n) is 6.11. The monoisotopic (exact) mass is 230 g/mol. The number of benzene rings is 1. The molecule has 0 aromatic heterocycles. The minimum Gasteiger partial charge on any atom is -0.325 e. The maximum absolute atomic E-state index is 6.33. The van der Waals surface area contributed by atoms with Gasteiger partial charge in [0.1, 0.15) is 0 Å². The third kappa shape index (κ3) is 2.24. The van der Waals surface area contributed by atoms with Gasteiger partial charge in [-0.3, -0.25) is 4.90 Å². The third-order valence-corrected chi connectivity index (χ3v) is 4.38. The maximum Gasteiger partial charge on any atom is 0.0239 e. The molecule has 2 N–H and O–H groups in total. The molecule has 2 bridgehead atoms. The van der Waals surface area contributed by atoms with E-state index in [1.54, 1.807) is 0 Å². The standard InChI is InChI=1S/C15H22N2/c1-15(16)9-13-7-8-14(10-15)17(13)11-12-5-3-2-4-6-12/h2-6,13-14H,7-11,16H2,1H3. The first-order valence-electron chi connectivity index (χ1n) is 6.73. The van der Waals surface area contributed by atoms with Crippen molar-refractivity contribution >= 4 is 0 Å². The molecule has 2 nitrogen and oxygen atoms in total. The predicted molar refractivity (Wildman–Crippen MR) is 70.6 cm³/mol. The van der Waals surface area contributed by atoms with Crippen molar-refractivity contribution in [2.45, 2.75) is 56.8 Å². The van der Waals surface area contributed by atoms with Crippen LogP contribution in [0.25, 0.3) is 0 Å². The number of hydrogen-bond acceptors (Lipinski definition) is 2. The van der Waals surface area contributed by atoms with E-state index in [9.17, 15) is 0 Å². The van der Waals surface area contributed by atoms with E-state index in [0.29, 0.717) is 12.1 Å². The molecule has 0 saturated carbocycles. The van der Waals surface area contributed by atoms with Gasteiger partial charge in [0.2, 0.25) is 0 Å². The molecule has 1 aromatic carbocycles. The molecule has 1 aromatic rings. The van der Waals surface area contributed by atoms with E-state index in [0.717, 1.165) is 19.4 Å². The van der Waals surface area contributed by atoms with E-state index in [2.05, 4.69) is 42.2 Å². The zero-order chi connectivity index (χ0) is 11.9. The van der Waals surface area contributed by atoms with Gasteiger partial charge in [0, 0.05) is 24.2 Å². The molecule has 2 saturated heterocycles. The summed E-state index contributed by atoms with van der Waals surface area (Å²) in [5, 5.41) is 0. The summed E-state index contributed by atoms with van der Waals surface area (Å²) in [5.74, 6) is 0. The molecule has 2 aliphatic heterocycles. The van der Waals surface area contributed by atoms with Crippen LogP contribution in [0.4, 0.5) is 0 Å². The van der Waals surface area contributed by atoms with E-state index in [1.165, 1.54) is 18.4 Å². The van der Waals surface area contributed by atoms with Crippen LogP contribution in [0.1, 0.15) is 38.2 Å². The van der Waals surface area contributed by atoms with Crippen LogP contribution in [0, 0.1) is 0 Å². The van der Waals surface area contributed by atoms with E-state index >= 15 is 0 Å². The Kier molecular flexibility index (Phi) is 2.72. The zero-order valence-corrected chi connectivity index (χ0v) is 10.6. The minimum atomic E-state index is 0.0685. The Bertz CT molecular complexity index is 369. The van der Waals surface area contributed by atoms with Gasteiger partial charge < -0.3 is 5.73 Å². The van der Waals surface area contributed by atoms with Crippen molar-refractivity contribution in [1.82, 2.24) is 4.90 Å². The van der Waals surface area contributed by atoms with Crippen LogP contribution in [0.15, 0.2) is 30.3 Å². The van der Waals surface area contributed by atoms with Gasteiger partial charge >= 0.3 is 0 Å². The summed E-state index contributed by atoms with van der Waals surface area (Å²) in [7, 11) is 0. The molecule has 2 unspecified atom stereocenters. The zero-order valence-electron chi connectivity index (χ0n) is 10.6. The van der Waals surface area contributed by atoms with Gasteiger partial charge in [-0.05, 0) is 38.2 Å². The van der Waals surface area contributed by atoms with Crippen LogP contribution in [0.3, 0.4) is 0 Å². The highest BCUT2D eigenvalue weighted by molar-refractivity contribution is 5.16. The number of fused-ring (bicyclic) bond motifs is 2. The van der Waals surface area contributed by atoms with Crippen LogP contribution >= 0.6 is 0 Å². The van der Waals surface area contributed by atoms with Gasteiger partial charge in [-0.25, -0.2) is 0 Å². The fourth-order valence-electron chi connectivity index (χ4n) is 3.67. The lowest BCUT2D eigenvalue weighted by Gasteiger charge is -2.43. The summed E-state index contributed by atoms with van der Waals surface area (Å²) in [6.07, 6.45) is 5.00. The molecule has 2 fully saturated rings. The highest BCUT2D eigenvalue weighted by Gasteiger charge is 2.43. The molecule has 0 amide bonds. The van der Waals surface area contributed by atoms with E-state index in [1.807, 2.05) is 0 Å². The summed E-state index contributed by atoms with van der Waals surface area (Å²) in [6, 6.07) is 12.2. The van der Waals surface area contributed by atoms with Crippen LogP contribution in [0.2, 0.25) is 0 Å². The number of hydrogen-bond donors (Lipinski definition) is 1. The molecular formula is C15H22N2. The predicted octanol–water partition coefficient (Wildman–Crippen LogP) is 2.53. The van der Waals surface area contributed by atoms with Crippen molar-refractivity contribution in [3.05, 3.63) is 35.9 Å². The lowest BCUT2D eigenvalue weighted by atomic mass is 9.85. The number of piperidine rings is 1. The van der Waals surface area contributed by atoms with Crippen molar-refractivity contribution in [1.29, 1.82) is 0 Å². The largest absolute Gasteiger partial charge is 0.325 e. The maximum atomic E-state index is 6.33. The molecule has 2 heterocycles. The highest BCUT2D eigenvalue weighted by atomic mass is 15.2. The molecule has 17 heavy (non-hydrogen) atoms. The second kappa shape index (κ2) is 4.11. The lowest BCUT2D eigenvalue weighted by molar-refractivity contribution is 0.0875. The first kappa shape index (κ1) is 11.2. The van der Waals surface area contributed by atoms with Crippen LogP contribution in [0.5, 0.6) is 0 Å². The molecule has 92 valence electrons. The molecule has 3 rings (SSSR count). The van der Waals surface area contributed by atoms with Crippen LogP contribution < -0.4 is 5.73 Å². The van der Waals surface area contributed by atoms with E-state index in [4.69, 9.17) is 5.73 Å². The Morgan fingerprint density at radius 2 is 1.76 bits per heavy atom. The highest BCUT2D eigenvalue weighted by Crippen LogP contribution is 2.40. The Hall–Kier alpha value is -0.860.